The third-order valence-electron chi connectivity index (χ3n) is 8.35. The molecule has 0 heterocycles. The number of rotatable bonds is 14. The van der Waals surface area contributed by atoms with Crippen LogP contribution in [0.3, 0.4) is 0 Å². The van der Waals surface area contributed by atoms with Crippen LogP contribution in [0, 0.1) is 17.3 Å². The van der Waals surface area contributed by atoms with Crippen molar-refractivity contribution in [2.75, 3.05) is 13.3 Å². The van der Waals surface area contributed by atoms with Gasteiger partial charge in [0, 0.05) is 0 Å². The zero-order valence-corrected chi connectivity index (χ0v) is 29.0. The van der Waals surface area contributed by atoms with Gasteiger partial charge in [0.2, 0.25) is 0 Å². The first kappa shape index (κ1) is 36.6. The minimum atomic E-state index is -0.107. The summed E-state index contributed by atoms with van der Waals surface area (Å²) in [5.41, 5.74) is 13.9. The highest BCUT2D eigenvalue weighted by atomic mass is 31.1. The van der Waals surface area contributed by atoms with Gasteiger partial charge in [-0.15, -0.1) is 5.73 Å². The topological polar surface area (TPSA) is 0 Å². The fourth-order valence-electron chi connectivity index (χ4n) is 5.08. The van der Waals surface area contributed by atoms with Crippen LogP contribution in [0.25, 0.3) is 0 Å². The Hall–Kier alpha value is -1.35. The molecule has 1 atom stereocenters. The standard InChI is InChI=1S/C37H63P/c1-16-19-20-21-36(30(8)26-34(38(14)15)25-23-28(6)27(4)5)32(10)31(9)35(18-3)29(7)22-24-33(17-2)37(11,12)13/h16,20,24,26-28H,17-18,21-23,25H2,1-15H3/b32-31+,33-24-,34-26?,35-29-,36-30-. The molecule has 0 radical (unpaired) electrons. The molecule has 0 aliphatic rings. The largest absolute Gasteiger partial charge is 0.130 e. The Morgan fingerprint density at radius 3 is 1.89 bits per heavy atom. The molecule has 0 aliphatic carbocycles. The number of hydrogen-bond donors (Lipinski definition) is 0. The Bertz CT molecular complexity index is 957. The van der Waals surface area contributed by atoms with Gasteiger partial charge < -0.3 is 0 Å². The molecule has 0 nitrogen and oxygen atoms in total. The van der Waals surface area contributed by atoms with Crippen molar-refractivity contribution in [1.29, 1.82) is 0 Å². The fourth-order valence-corrected chi connectivity index (χ4v) is 6.11. The van der Waals surface area contributed by atoms with Gasteiger partial charge in [-0.1, -0.05) is 86.6 Å². The summed E-state index contributed by atoms with van der Waals surface area (Å²) in [7, 11) is -0.107. The van der Waals surface area contributed by atoms with E-state index in [2.05, 4.69) is 120 Å². The highest BCUT2D eigenvalue weighted by molar-refractivity contribution is 7.60. The lowest BCUT2D eigenvalue weighted by Gasteiger charge is -2.23. The van der Waals surface area contributed by atoms with E-state index in [9.17, 15) is 0 Å². The van der Waals surface area contributed by atoms with E-state index < -0.39 is 0 Å². The van der Waals surface area contributed by atoms with E-state index in [1.807, 2.05) is 13.0 Å². The Morgan fingerprint density at radius 2 is 1.45 bits per heavy atom. The third-order valence-corrected chi connectivity index (χ3v) is 9.86. The smallest absolute Gasteiger partial charge is 0.00160 e. The van der Waals surface area contributed by atoms with E-state index in [1.54, 1.807) is 10.9 Å². The Labute approximate surface area is 241 Å². The highest BCUT2D eigenvalue weighted by Crippen LogP contribution is 2.42. The molecular formula is C37H63P. The minimum absolute atomic E-state index is 0.107. The van der Waals surface area contributed by atoms with Gasteiger partial charge in [-0.3, -0.25) is 0 Å². The lowest BCUT2D eigenvalue weighted by atomic mass is 9.83. The predicted molar refractivity (Wildman–Crippen MR) is 180 cm³/mol. The number of allylic oxidation sites excluding steroid dienone is 11. The average molecular weight is 539 g/mol. The Kier molecular flexibility index (Phi) is 17.4. The minimum Gasteiger partial charge on any atom is -0.130 e. The van der Waals surface area contributed by atoms with Crippen LogP contribution in [-0.4, -0.2) is 13.3 Å². The first-order chi connectivity index (χ1) is 17.6. The van der Waals surface area contributed by atoms with Crippen LogP contribution < -0.4 is 0 Å². The molecule has 0 aliphatic heterocycles. The van der Waals surface area contributed by atoms with E-state index >= 15 is 0 Å². The van der Waals surface area contributed by atoms with Gasteiger partial charge >= 0.3 is 0 Å². The lowest BCUT2D eigenvalue weighted by Crippen LogP contribution is -2.08. The zero-order chi connectivity index (χ0) is 29.6. The Morgan fingerprint density at radius 1 is 0.868 bits per heavy atom. The highest BCUT2D eigenvalue weighted by Gasteiger charge is 2.16. The van der Waals surface area contributed by atoms with Gasteiger partial charge in [0.25, 0.3) is 0 Å². The Balaban J connectivity index is 6.72. The monoisotopic (exact) mass is 538 g/mol. The van der Waals surface area contributed by atoms with Crippen molar-refractivity contribution >= 4 is 7.92 Å². The molecule has 0 spiro atoms. The van der Waals surface area contributed by atoms with E-state index in [1.165, 1.54) is 46.3 Å². The van der Waals surface area contributed by atoms with Crippen LogP contribution in [0.5, 0.6) is 0 Å². The fraction of sp³-hybridized carbons (Fsp3) is 0.649. The van der Waals surface area contributed by atoms with E-state index in [-0.39, 0.29) is 13.3 Å². The van der Waals surface area contributed by atoms with E-state index in [4.69, 9.17) is 0 Å². The van der Waals surface area contributed by atoms with Crippen molar-refractivity contribution in [3.63, 3.8) is 0 Å². The molecule has 1 unspecified atom stereocenters. The quantitative estimate of drug-likeness (QED) is 0.0892. The molecule has 0 saturated carbocycles. The van der Waals surface area contributed by atoms with Crippen molar-refractivity contribution in [3.05, 3.63) is 74.4 Å². The van der Waals surface area contributed by atoms with Gasteiger partial charge in [-0.2, -0.15) is 0 Å². The predicted octanol–water partition coefficient (Wildman–Crippen LogP) is 13.0. The molecule has 0 N–H and O–H groups in total. The van der Waals surface area contributed by atoms with Crippen molar-refractivity contribution in [2.45, 2.75) is 129 Å². The summed E-state index contributed by atoms with van der Waals surface area (Å²) in [6.07, 6.45) is 15.9. The molecule has 0 fully saturated rings. The molecule has 0 aromatic rings. The van der Waals surface area contributed by atoms with Crippen LogP contribution in [-0.2, 0) is 0 Å². The third kappa shape index (κ3) is 12.7. The first-order valence-corrected chi connectivity index (χ1v) is 17.3. The SMILES string of the molecule is CC=C=CCC(=C(\C)C=C(CCC(C)C(C)C)P(C)C)/C(C)=C(C)/C(CC)=C(/C)C/C=C(/CC)C(C)(C)C. The van der Waals surface area contributed by atoms with Crippen LogP contribution in [0.4, 0.5) is 0 Å². The molecule has 0 aromatic carbocycles. The maximum atomic E-state index is 3.33. The summed E-state index contributed by atoms with van der Waals surface area (Å²) < 4.78 is 0. The zero-order valence-electron chi connectivity index (χ0n) is 28.2. The van der Waals surface area contributed by atoms with Gasteiger partial charge in [0.15, 0.2) is 0 Å². The average Bonchev–Trinajstić information content (AvgIpc) is 2.83. The second-order valence-electron chi connectivity index (χ2n) is 12.7. The maximum Gasteiger partial charge on any atom is -0.00160 e. The molecule has 0 aromatic heterocycles. The summed E-state index contributed by atoms with van der Waals surface area (Å²) in [6.45, 7) is 35.0. The molecule has 0 bridgehead atoms. The first-order valence-electron chi connectivity index (χ1n) is 15.1. The summed E-state index contributed by atoms with van der Waals surface area (Å²) in [5, 5.41) is 1.64. The lowest BCUT2D eigenvalue weighted by molar-refractivity contribution is 0.394. The second kappa shape index (κ2) is 18.1. The van der Waals surface area contributed by atoms with Crippen molar-refractivity contribution in [2.24, 2.45) is 17.3 Å². The van der Waals surface area contributed by atoms with E-state index in [0.717, 1.165) is 37.5 Å². The summed E-state index contributed by atoms with van der Waals surface area (Å²) in [6, 6.07) is 0. The molecule has 1 heteroatoms. The van der Waals surface area contributed by atoms with Crippen LogP contribution in [0.15, 0.2) is 74.4 Å². The van der Waals surface area contributed by atoms with Gasteiger partial charge in [-0.25, -0.2) is 0 Å². The van der Waals surface area contributed by atoms with Crippen molar-refractivity contribution < 1.29 is 0 Å². The number of hydrogen-bond acceptors (Lipinski definition) is 0. The van der Waals surface area contributed by atoms with Gasteiger partial charge in [0.1, 0.15) is 0 Å². The van der Waals surface area contributed by atoms with Gasteiger partial charge in [0.05, 0.1) is 0 Å². The molecule has 216 valence electrons. The summed E-state index contributed by atoms with van der Waals surface area (Å²) >= 11 is 0. The normalized spacial score (nSPS) is 16.1. The molecule has 38 heavy (non-hydrogen) atoms. The molecular weight excluding hydrogens is 475 g/mol. The van der Waals surface area contributed by atoms with E-state index in [0.29, 0.717) is 0 Å². The molecule has 0 rings (SSSR count). The maximum absolute atomic E-state index is 3.33. The van der Waals surface area contributed by atoms with Gasteiger partial charge in [-0.05, 0) is 149 Å². The van der Waals surface area contributed by atoms with Crippen LogP contribution >= 0.6 is 7.92 Å². The van der Waals surface area contributed by atoms with Crippen LogP contribution in [0.2, 0.25) is 0 Å². The summed E-state index contributed by atoms with van der Waals surface area (Å²) in [5.74, 6) is 1.51. The van der Waals surface area contributed by atoms with Crippen LogP contribution in [0.1, 0.15) is 129 Å². The molecule has 0 amide bonds. The summed E-state index contributed by atoms with van der Waals surface area (Å²) in [4.78, 5) is 0. The van der Waals surface area contributed by atoms with Crippen molar-refractivity contribution in [3.8, 4) is 0 Å². The molecule has 0 saturated heterocycles. The second-order valence-corrected chi connectivity index (χ2v) is 15.1. The van der Waals surface area contributed by atoms with Crippen molar-refractivity contribution in [1.82, 2.24) is 0 Å².